The first-order valence-corrected chi connectivity index (χ1v) is 7.45. The van der Waals surface area contributed by atoms with Gasteiger partial charge in [-0.3, -0.25) is 0 Å². The van der Waals surface area contributed by atoms with Gasteiger partial charge in [0.2, 0.25) is 0 Å². The first-order valence-electron chi connectivity index (χ1n) is 6.29. The second kappa shape index (κ2) is 9.20. The van der Waals surface area contributed by atoms with Crippen LogP contribution in [0.1, 0.15) is 40.5 Å². The number of aliphatic hydroxyl groups is 1. The summed E-state index contributed by atoms with van der Waals surface area (Å²) in [5.74, 6) is 1.94. The number of rotatable bonds is 9. The molecular formula is C13H28O3S. The van der Waals surface area contributed by atoms with Crippen LogP contribution < -0.4 is 0 Å². The Kier molecular flexibility index (Phi) is 9.32. The predicted molar refractivity (Wildman–Crippen MR) is 74.4 cm³/mol. The van der Waals surface area contributed by atoms with E-state index in [0.717, 1.165) is 17.9 Å². The van der Waals surface area contributed by atoms with Gasteiger partial charge >= 0.3 is 0 Å². The molecular weight excluding hydrogens is 236 g/mol. The monoisotopic (exact) mass is 264 g/mol. The molecule has 0 aliphatic rings. The quantitative estimate of drug-likeness (QED) is 0.513. The van der Waals surface area contributed by atoms with Crippen LogP contribution in [0.15, 0.2) is 0 Å². The lowest BCUT2D eigenvalue weighted by atomic mass is 9.94. The maximum Gasteiger partial charge on any atom is 0.166 e. The van der Waals surface area contributed by atoms with Crippen LogP contribution in [-0.4, -0.2) is 42.7 Å². The molecule has 0 amide bonds. The molecule has 3 nitrogen and oxygen atoms in total. The molecule has 0 aromatic rings. The zero-order chi connectivity index (χ0) is 13.3. The lowest BCUT2D eigenvalue weighted by Crippen LogP contribution is -2.28. The molecule has 0 radical (unpaired) electrons. The van der Waals surface area contributed by atoms with Crippen LogP contribution in [0.5, 0.6) is 0 Å². The van der Waals surface area contributed by atoms with E-state index in [4.69, 9.17) is 14.6 Å². The lowest BCUT2D eigenvalue weighted by Gasteiger charge is -2.22. The highest BCUT2D eigenvalue weighted by molar-refractivity contribution is 7.99. The fraction of sp³-hybridized carbons (Fsp3) is 1.00. The van der Waals surface area contributed by atoms with Gasteiger partial charge in [0.05, 0.1) is 12.7 Å². The fourth-order valence-electron chi connectivity index (χ4n) is 1.20. The van der Waals surface area contributed by atoms with Gasteiger partial charge < -0.3 is 14.6 Å². The van der Waals surface area contributed by atoms with Crippen molar-refractivity contribution in [3.05, 3.63) is 0 Å². The number of hydrogen-bond donors (Lipinski definition) is 1. The van der Waals surface area contributed by atoms with E-state index in [-0.39, 0.29) is 19.0 Å². The van der Waals surface area contributed by atoms with Crippen molar-refractivity contribution in [3.63, 3.8) is 0 Å². The molecule has 1 N–H and O–H groups in total. The molecule has 0 bridgehead atoms. The molecule has 0 spiro atoms. The molecule has 0 fully saturated rings. The second-order valence-electron chi connectivity index (χ2n) is 5.40. The Morgan fingerprint density at radius 3 is 2.35 bits per heavy atom. The summed E-state index contributed by atoms with van der Waals surface area (Å²) < 4.78 is 10.9. The molecule has 104 valence electrons. The standard InChI is InChI=1S/C13H28O3S/c1-6-11(9-14)16-12(15-5)10-17-8-7-13(2,3)4/h11-12,14H,6-10H2,1-5H3. The SMILES string of the molecule is CCC(CO)OC(CSCCC(C)(C)C)OC. The Bertz CT molecular complexity index is 176. The van der Waals surface area contributed by atoms with Crippen molar-refractivity contribution in [2.75, 3.05) is 25.2 Å². The van der Waals surface area contributed by atoms with E-state index >= 15 is 0 Å². The van der Waals surface area contributed by atoms with E-state index in [0.29, 0.717) is 5.41 Å². The molecule has 0 aliphatic carbocycles. The van der Waals surface area contributed by atoms with Gasteiger partial charge in [0, 0.05) is 12.9 Å². The summed E-state index contributed by atoms with van der Waals surface area (Å²) in [4.78, 5) is 0. The maximum atomic E-state index is 9.06. The summed E-state index contributed by atoms with van der Waals surface area (Å²) >= 11 is 1.84. The average molecular weight is 264 g/mol. The molecule has 0 heterocycles. The molecule has 2 unspecified atom stereocenters. The summed E-state index contributed by atoms with van der Waals surface area (Å²) in [5, 5.41) is 9.06. The number of ether oxygens (including phenoxy) is 2. The normalized spacial score (nSPS) is 15.9. The van der Waals surface area contributed by atoms with Crippen LogP contribution in [0.2, 0.25) is 0 Å². The van der Waals surface area contributed by atoms with Gasteiger partial charge in [0.25, 0.3) is 0 Å². The minimum Gasteiger partial charge on any atom is -0.394 e. The van der Waals surface area contributed by atoms with Crippen molar-refractivity contribution in [1.82, 2.24) is 0 Å². The summed E-state index contributed by atoms with van der Waals surface area (Å²) in [6.07, 6.45) is 1.68. The van der Waals surface area contributed by atoms with Crippen LogP contribution in [0.4, 0.5) is 0 Å². The lowest BCUT2D eigenvalue weighted by molar-refractivity contribution is -0.151. The minimum atomic E-state index is -0.211. The van der Waals surface area contributed by atoms with Gasteiger partial charge in [0.1, 0.15) is 0 Å². The zero-order valence-electron chi connectivity index (χ0n) is 11.9. The Morgan fingerprint density at radius 2 is 1.94 bits per heavy atom. The molecule has 0 saturated heterocycles. The average Bonchev–Trinajstić information content (AvgIpc) is 2.27. The molecule has 0 aliphatic heterocycles. The van der Waals surface area contributed by atoms with Crippen molar-refractivity contribution < 1.29 is 14.6 Å². The summed E-state index contributed by atoms with van der Waals surface area (Å²) in [6, 6.07) is 0. The van der Waals surface area contributed by atoms with Gasteiger partial charge in [-0.2, -0.15) is 11.8 Å². The van der Waals surface area contributed by atoms with Crippen LogP contribution in [0, 0.1) is 5.41 Å². The van der Waals surface area contributed by atoms with E-state index in [2.05, 4.69) is 20.8 Å². The van der Waals surface area contributed by atoms with Gasteiger partial charge in [-0.25, -0.2) is 0 Å². The van der Waals surface area contributed by atoms with Crippen LogP contribution >= 0.6 is 11.8 Å². The van der Waals surface area contributed by atoms with Crippen molar-refractivity contribution in [2.45, 2.75) is 52.9 Å². The van der Waals surface area contributed by atoms with E-state index in [1.165, 1.54) is 6.42 Å². The largest absolute Gasteiger partial charge is 0.394 e. The smallest absolute Gasteiger partial charge is 0.166 e. The molecule has 0 saturated carbocycles. The van der Waals surface area contributed by atoms with Gasteiger partial charge in [-0.15, -0.1) is 0 Å². The van der Waals surface area contributed by atoms with Gasteiger partial charge in [0.15, 0.2) is 6.29 Å². The van der Waals surface area contributed by atoms with E-state index in [1.54, 1.807) is 7.11 Å². The van der Waals surface area contributed by atoms with E-state index in [9.17, 15) is 0 Å². The number of methoxy groups -OCH3 is 1. The Morgan fingerprint density at radius 1 is 1.29 bits per heavy atom. The minimum absolute atomic E-state index is 0.0585. The highest BCUT2D eigenvalue weighted by Gasteiger charge is 2.15. The molecule has 0 aromatic carbocycles. The highest BCUT2D eigenvalue weighted by Crippen LogP contribution is 2.22. The number of thioether (sulfide) groups is 1. The third-order valence-electron chi connectivity index (χ3n) is 2.52. The van der Waals surface area contributed by atoms with E-state index < -0.39 is 0 Å². The molecule has 0 rings (SSSR count). The third-order valence-corrected chi connectivity index (χ3v) is 3.52. The Labute approximate surface area is 110 Å². The van der Waals surface area contributed by atoms with Gasteiger partial charge in [-0.1, -0.05) is 27.7 Å². The number of aliphatic hydroxyl groups excluding tert-OH is 1. The Balaban J connectivity index is 3.75. The summed E-state index contributed by atoms with van der Waals surface area (Å²) in [6.45, 7) is 8.80. The maximum absolute atomic E-state index is 9.06. The van der Waals surface area contributed by atoms with E-state index in [1.807, 2.05) is 18.7 Å². The highest BCUT2D eigenvalue weighted by atomic mass is 32.2. The fourth-order valence-corrected chi connectivity index (χ4v) is 2.53. The van der Waals surface area contributed by atoms with Crippen molar-refractivity contribution in [3.8, 4) is 0 Å². The molecule has 2 atom stereocenters. The van der Waals surface area contributed by atoms with Crippen molar-refractivity contribution >= 4 is 11.8 Å². The molecule has 4 heteroatoms. The summed E-state index contributed by atoms with van der Waals surface area (Å²) in [5.41, 5.74) is 0.382. The van der Waals surface area contributed by atoms with Gasteiger partial charge in [-0.05, 0) is 24.0 Å². The predicted octanol–water partition coefficient (Wildman–Crippen LogP) is 2.92. The number of hydrogen-bond acceptors (Lipinski definition) is 4. The molecule has 17 heavy (non-hydrogen) atoms. The second-order valence-corrected chi connectivity index (χ2v) is 6.55. The third kappa shape index (κ3) is 9.89. The summed E-state index contributed by atoms with van der Waals surface area (Å²) in [7, 11) is 1.65. The van der Waals surface area contributed by atoms with Crippen LogP contribution in [0.3, 0.4) is 0 Å². The first kappa shape index (κ1) is 17.2. The van der Waals surface area contributed by atoms with Crippen LogP contribution in [-0.2, 0) is 9.47 Å². The van der Waals surface area contributed by atoms with Crippen molar-refractivity contribution in [1.29, 1.82) is 0 Å². The molecule has 0 aromatic heterocycles. The Hall–Kier alpha value is 0.230. The zero-order valence-corrected chi connectivity index (χ0v) is 12.7. The topological polar surface area (TPSA) is 38.7 Å². The first-order chi connectivity index (χ1) is 7.92. The van der Waals surface area contributed by atoms with Crippen molar-refractivity contribution in [2.24, 2.45) is 5.41 Å². The van der Waals surface area contributed by atoms with Crippen LogP contribution in [0.25, 0.3) is 0 Å².